The zero-order valence-electron chi connectivity index (χ0n) is 10.9. The summed E-state index contributed by atoms with van der Waals surface area (Å²) in [5, 5.41) is 8.77. The first kappa shape index (κ1) is 14.2. The van der Waals surface area contributed by atoms with Crippen LogP contribution in [-0.4, -0.2) is 67.3 Å². The molecular weight excluding hydrogens is 252 g/mol. The summed E-state index contributed by atoms with van der Waals surface area (Å²) in [4.78, 5) is 2.53. The van der Waals surface area contributed by atoms with E-state index >= 15 is 0 Å². The third kappa shape index (κ3) is 3.44. The van der Waals surface area contributed by atoms with E-state index < -0.39 is 10.0 Å². The lowest BCUT2D eigenvalue weighted by atomic mass is 10.0. The lowest BCUT2D eigenvalue weighted by Crippen LogP contribution is -2.48. The molecule has 0 atom stereocenters. The molecule has 0 aromatic carbocycles. The Morgan fingerprint density at radius 2 is 1.61 bits per heavy atom. The minimum atomic E-state index is -3.22. The first-order valence-corrected chi connectivity index (χ1v) is 8.57. The molecule has 2 heterocycles. The molecule has 2 aliphatic rings. The van der Waals surface area contributed by atoms with Crippen molar-refractivity contribution in [2.75, 3.05) is 38.5 Å². The second-order valence-corrected chi connectivity index (χ2v) is 7.35. The van der Waals surface area contributed by atoms with Crippen molar-refractivity contribution < 1.29 is 13.5 Å². The molecule has 2 rings (SSSR count). The third-order valence-electron chi connectivity index (χ3n) is 4.07. The molecule has 2 aliphatic heterocycles. The number of likely N-dealkylation sites (tertiary alicyclic amines) is 1. The molecule has 0 unspecified atom stereocenters. The summed E-state index contributed by atoms with van der Waals surface area (Å²) in [5.41, 5.74) is 0. The van der Waals surface area contributed by atoms with Gasteiger partial charge in [0.05, 0.1) is 12.4 Å². The van der Waals surface area contributed by atoms with Crippen molar-refractivity contribution in [1.82, 2.24) is 9.21 Å². The molecule has 6 heteroatoms. The van der Waals surface area contributed by atoms with Gasteiger partial charge in [-0.05, 0) is 38.8 Å². The SMILES string of the molecule is O=S(=O)(CCO)N1CCC(N2CCCCC2)CC1. The molecule has 2 fully saturated rings. The molecule has 0 aromatic rings. The van der Waals surface area contributed by atoms with Crippen molar-refractivity contribution in [3.05, 3.63) is 0 Å². The summed E-state index contributed by atoms with van der Waals surface area (Å²) >= 11 is 0. The molecule has 2 saturated heterocycles. The molecule has 0 spiro atoms. The van der Waals surface area contributed by atoms with Gasteiger partial charge in [-0.2, -0.15) is 0 Å². The topological polar surface area (TPSA) is 60.9 Å². The van der Waals surface area contributed by atoms with Gasteiger partial charge in [0.15, 0.2) is 0 Å². The number of sulfonamides is 1. The first-order valence-electron chi connectivity index (χ1n) is 6.96. The number of nitrogens with zero attached hydrogens (tertiary/aromatic N) is 2. The van der Waals surface area contributed by atoms with Crippen LogP contribution >= 0.6 is 0 Å². The van der Waals surface area contributed by atoms with Gasteiger partial charge in [0, 0.05) is 19.1 Å². The van der Waals surface area contributed by atoms with Crippen LogP contribution < -0.4 is 0 Å². The highest BCUT2D eigenvalue weighted by Gasteiger charge is 2.30. The molecular formula is C12H24N2O3S. The van der Waals surface area contributed by atoms with Crippen LogP contribution in [-0.2, 0) is 10.0 Å². The van der Waals surface area contributed by atoms with Crippen molar-refractivity contribution in [2.24, 2.45) is 0 Å². The Labute approximate surface area is 110 Å². The molecule has 0 aliphatic carbocycles. The van der Waals surface area contributed by atoms with Gasteiger partial charge in [-0.1, -0.05) is 6.42 Å². The summed E-state index contributed by atoms with van der Waals surface area (Å²) in [5.74, 6) is -0.138. The van der Waals surface area contributed by atoms with Gasteiger partial charge in [0.1, 0.15) is 0 Å². The quantitative estimate of drug-likeness (QED) is 0.800. The highest BCUT2D eigenvalue weighted by atomic mass is 32.2. The van der Waals surface area contributed by atoms with Crippen LogP contribution in [0.5, 0.6) is 0 Å². The zero-order valence-corrected chi connectivity index (χ0v) is 11.7. The van der Waals surface area contributed by atoms with E-state index in [-0.39, 0.29) is 12.4 Å². The van der Waals surface area contributed by atoms with Gasteiger partial charge in [-0.3, -0.25) is 0 Å². The van der Waals surface area contributed by atoms with Gasteiger partial charge in [0.2, 0.25) is 10.0 Å². The number of aliphatic hydroxyl groups is 1. The van der Waals surface area contributed by atoms with E-state index in [4.69, 9.17) is 5.11 Å². The summed E-state index contributed by atoms with van der Waals surface area (Å²) in [6, 6.07) is 0.561. The fraction of sp³-hybridized carbons (Fsp3) is 1.00. The van der Waals surface area contributed by atoms with Crippen LogP contribution in [0.2, 0.25) is 0 Å². The fourth-order valence-corrected chi connectivity index (χ4v) is 4.27. The molecule has 106 valence electrons. The van der Waals surface area contributed by atoms with Crippen LogP contribution in [0.25, 0.3) is 0 Å². The predicted molar refractivity (Wildman–Crippen MR) is 70.9 cm³/mol. The first-order chi connectivity index (χ1) is 8.63. The second-order valence-electron chi connectivity index (χ2n) is 5.27. The van der Waals surface area contributed by atoms with E-state index in [2.05, 4.69) is 4.90 Å². The van der Waals surface area contributed by atoms with Crippen LogP contribution in [0.3, 0.4) is 0 Å². The van der Waals surface area contributed by atoms with E-state index in [1.165, 1.54) is 32.4 Å². The van der Waals surface area contributed by atoms with E-state index in [0.717, 1.165) is 12.8 Å². The summed E-state index contributed by atoms with van der Waals surface area (Å²) in [6.45, 7) is 3.30. The van der Waals surface area contributed by atoms with Crippen molar-refractivity contribution >= 4 is 10.0 Å². The lowest BCUT2D eigenvalue weighted by molar-refractivity contribution is 0.117. The summed E-state index contributed by atoms with van der Waals surface area (Å²) in [7, 11) is -3.22. The van der Waals surface area contributed by atoms with Gasteiger partial charge >= 0.3 is 0 Å². The van der Waals surface area contributed by atoms with Crippen molar-refractivity contribution in [3.63, 3.8) is 0 Å². The van der Waals surface area contributed by atoms with Crippen LogP contribution in [0.1, 0.15) is 32.1 Å². The second kappa shape index (κ2) is 6.32. The Bertz CT molecular complexity index is 344. The average Bonchev–Trinajstić information content (AvgIpc) is 2.40. The summed E-state index contributed by atoms with van der Waals surface area (Å²) in [6.07, 6.45) is 5.77. The standard InChI is InChI=1S/C12H24N2O3S/c15-10-11-18(16,17)14-8-4-12(5-9-14)13-6-2-1-3-7-13/h12,15H,1-11H2. The van der Waals surface area contributed by atoms with Crippen molar-refractivity contribution in [3.8, 4) is 0 Å². The molecule has 0 bridgehead atoms. The van der Waals surface area contributed by atoms with Crippen LogP contribution in [0, 0.1) is 0 Å². The Hall–Kier alpha value is -0.170. The fourth-order valence-electron chi connectivity index (χ4n) is 3.01. The van der Waals surface area contributed by atoms with Gasteiger partial charge < -0.3 is 10.0 Å². The van der Waals surface area contributed by atoms with E-state index in [1.807, 2.05) is 0 Å². The molecule has 1 N–H and O–H groups in total. The van der Waals surface area contributed by atoms with E-state index in [1.54, 1.807) is 4.31 Å². The number of hydrogen-bond donors (Lipinski definition) is 1. The highest BCUT2D eigenvalue weighted by Crippen LogP contribution is 2.22. The maximum Gasteiger partial charge on any atom is 0.216 e. The molecule has 18 heavy (non-hydrogen) atoms. The molecule has 0 radical (unpaired) electrons. The van der Waals surface area contributed by atoms with Crippen molar-refractivity contribution in [1.29, 1.82) is 0 Å². The maximum absolute atomic E-state index is 11.8. The number of aliphatic hydroxyl groups excluding tert-OH is 1. The number of rotatable bonds is 4. The minimum absolute atomic E-state index is 0.138. The van der Waals surface area contributed by atoms with E-state index in [9.17, 15) is 8.42 Å². The maximum atomic E-state index is 11.8. The highest BCUT2D eigenvalue weighted by molar-refractivity contribution is 7.89. The lowest BCUT2D eigenvalue weighted by Gasteiger charge is -2.39. The Morgan fingerprint density at radius 3 is 2.17 bits per heavy atom. The minimum Gasteiger partial charge on any atom is -0.395 e. The van der Waals surface area contributed by atoms with E-state index in [0.29, 0.717) is 19.1 Å². The van der Waals surface area contributed by atoms with Crippen LogP contribution in [0.15, 0.2) is 0 Å². The van der Waals surface area contributed by atoms with Crippen molar-refractivity contribution in [2.45, 2.75) is 38.1 Å². The molecule has 5 nitrogen and oxygen atoms in total. The Morgan fingerprint density at radius 1 is 1.00 bits per heavy atom. The summed E-state index contributed by atoms with van der Waals surface area (Å²) < 4.78 is 25.2. The molecule has 0 saturated carbocycles. The predicted octanol–water partition coefficient (Wildman–Crippen LogP) is 0.259. The monoisotopic (exact) mass is 276 g/mol. The third-order valence-corrected chi connectivity index (χ3v) is 5.92. The normalized spacial score (nSPS) is 25.4. The Kier molecular flexibility index (Phi) is 5.00. The Balaban J connectivity index is 1.84. The zero-order chi connectivity index (χ0) is 13.0. The van der Waals surface area contributed by atoms with Gasteiger partial charge in [-0.25, -0.2) is 12.7 Å². The average molecular weight is 276 g/mol. The number of piperidine rings is 2. The van der Waals surface area contributed by atoms with Crippen LogP contribution in [0.4, 0.5) is 0 Å². The molecule has 0 aromatic heterocycles. The molecule has 0 amide bonds. The van der Waals surface area contributed by atoms with Gasteiger partial charge in [-0.15, -0.1) is 0 Å². The largest absolute Gasteiger partial charge is 0.395 e. The smallest absolute Gasteiger partial charge is 0.216 e. The van der Waals surface area contributed by atoms with Gasteiger partial charge in [0.25, 0.3) is 0 Å². The number of hydrogen-bond acceptors (Lipinski definition) is 4.